The predicted octanol–water partition coefficient (Wildman–Crippen LogP) is 1.46. The first-order valence-electron chi connectivity index (χ1n) is 6.09. The molecule has 0 radical (unpaired) electrons. The maximum atomic E-state index is 12.3. The van der Waals surface area contributed by atoms with Gasteiger partial charge in [-0.2, -0.15) is 17.5 Å². The number of sulfonamides is 1. The molecule has 1 aromatic rings. The molecule has 1 aliphatic rings. The zero-order chi connectivity index (χ0) is 15.1. The Bertz CT molecular complexity index is 591. The van der Waals surface area contributed by atoms with Crippen molar-refractivity contribution in [2.75, 3.05) is 13.6 Å². The predicted molar refractivity (Wildman–Crippen MR) is 66.5 cm³/mol. The van der Waals surface area contributed by atoms with Crippen LogP contribution in [0.15, 0.2) is 17.2 Å². The quantitative estimate of drug-likeness (QED) is 0.895. The highest BCUT2D eigenvalue weighted by Gasteiger charge is 2.36. The summed E-state index contributed by atoms with van der Waals surface area (Å²) >= 11 is 0. The third kappa shape index (κ3) is 3.15. The lowest BCUT2D eigenvalue weighted by Gasteiger charge is -2.17. The summed E-state index contributed by atoms with van der Waals surface area (Å²) in [7, 11) is -3.24. The topological polar surface area (TPSA) is 68.3 Å². The van der Waals surface area contributed by atoms with Crippen molar-refractivity contribution in [1.82, 2.24) is 8.87 Å². The van der Waals surface area contributed by atoms with Gasteiger partial charge in [0.1, 0.15) is 11.4 Å². The molecule has 9 heteroatoms. The largest absolute Gasteiger partial charge is 0.402 e. The van der Waals surface area contributed by atoms with E-state index in [-0.39, 0.29) is 17.5 Å². The summed E-state index contributed by atoms with van der Waals surface area (Å²) in [5.41, 5.74) is 6.16. The van der Waals surface area contributed by atoms with Crippen molar-refractivity contribution in [2.24, 2.45) is 5.73 Å². The van der Waals surface area contributed by atoms with Gasteiger partial charge in [0.15, 0.2) is 0 Å². The van der Waals surface area contributed by atoms with Gasteiger partial charge in [0.05, 0.1) is 0 Å². The lowest BCUT2D eigenvalue weighted by molar-refractivity contribution is -0.134. The van der Waals surface area contributed by atoms with Crippen LogP contribution in [0.2, 0.25) is 0 Å². The van der Waals surface area contributed by atoms with Gasteiger partial charge in [0.25, 0.3) is 0 Å². The Kier molecular flexibility index (Phi) is 3.87. The second kappa shape index (κ2) is 5.05. The Balaban J connectivity index is 2.29. The summed E-state index contributed by atoms with van der Waals surface area (Å²) in [6, 6.07) is 1.56. The first-order chi connectivity index (χ1) is 9.15. The van der Waals surface area contributed by atoms with E-state index in [0.29, 0.717) is 10.00 Å². The highest BCUT2D eigenvalue weighted by molar-refractivity contribution is 7.89. The summed E-state index contributed by atoms with van der Waals surface area (Å²) < 4.78 is 63.2. The van der Waals surface area contributed by atoms with E-state index in [1.54, 1.807) is 4.57 Å². The molecule has 0 unspecified atom stereocenters. The second-order valence-corrected chi connectivity index (χ2v) is 6.93. The molecular formula is C11H16F3N3O2S. The van der Waals surface area contributed by atoms with Crippen LogP contribution in [0, 0.1) is 0 Å². The van der Waals surface area contributed by atoms with Gasteiger partial charge in [-0.15, -0.1) is 0 Å². The SMILES string of the molecule is CN(CC(F)(F)F)S(=O)(=O)c1cc(CN)n(C2CC2)c1. The van der Waals surface area contributed by atoms with Crippen LogP contribution in [-0.4, -0.2) is 37.1 Å². The lowest BCUT2D eigenvalue weighted by atomic mass is 10.4. The van der Waals surface area contributed by atoms with Gasteiger partial charge in [-0.3, -0.25) is 0 Å². The first kappa shape index (κ1) is 15.3. The third-order valence-corrected chi connectivity index (χ3v) is 4.94. The zero-order valence-corrected chi connectivity index (χ0v) is 11.7. The van der Waals surface area contributed by atoms with E-state index in [4.69, 9.17) is 5.73 Å². The third-order valence-electron chi connectivity index (χ3n) is 3.17. The summed E-state index contributed by atoms with van der Waals surface area (Å²) in [4.78, 5) is -0.142. The van der Waals surface area contributed by atoms with Crippen LogP contribution in [0.1, 0.15) is 24.6 Å². The van der Waals surface area contributed by atoms with E-state index >= 15 is 0 Å². The average molecular weight is 311 g/mol. The van der Waals surface area contributed by atoms with Crippen LogP contribution >= 0.6 is 0 Å². The van der Waals surface area contributed by atoms with E-state index < -0.39 is 22.7 Å². The molecule has 0 bridgehead atoms. The standard InChI is InChI=1S/C11H16F3N3O2S/c1-16(7-11(12,13)14)20(18,19)10-4-9(5-15)17(6-10)8-2-3-8/h4,6,8H,2-3,5,7,15H2,1H3. The fourth-order valence-electron chi connectivity index (χ4n) is 2.01. The average Bonchev–Trinajstić information content (AvgIpc) is 3.05. The van der Waals surface area contributed by atoms with Gasteiger partial charge in [0.2, 0.25) is 10.0 Å². The fourth-order valence-corrected chi connectivity index (χ4v) is 3.22. The van der Waals surface area contributed by atoms with E-state index in [2.05, 4.69) is 0 Å². The van der Waals surface area contributed by atoms with Crippen LogP contribution in [0.5, 0.6) is 0 Å². The van der Waals surface area contributed by atoms with Gasteiger partial charge in [0, 0.05) is 31.5 Å². The van der Waals surface area contributed by atoms with Crippen molar-refractivity contribution in [3.8, 4) is 0 Å². The fraction of sp³-hybridized carbons (Fsp3) is 0.636. The molecule has 1 aromatic heterocycles. The maximum Gasteiger partial charge on any atom is 0.402 e. The number of hydrogen-bond donors (Lipinski definition) is 1. The van der Waals surface area contributed by atoms with Crippen LogP contribution in [-0.2, 0) is 16.6 Å². The van der Waals surface area contributed by atoms with Crippen molar-refractivity contribution in [3.05, 3.63) is 18.0 Å². The van der Waals surface area contributed by atoms with Crippen LogP contribution < -0.4 is 5.73 Å². The highest BCUT2D eigenvalue weighted by Crippen LogP contribution is 2.37. The normalized spacial score (nSPS) is 16.9. The zero-order valence-electron chi connectivity index (χ0n) is 10.9. The first-order valence-corrected chi connectivity index (χ1v) is 7.53. The Morgan fingerprint density at radius 3 is 2.50 bits per heavy atom. The summed E-state index contributed by atoms with van der Waals surface area (Å²) in [6.07, 6.45) is -1.33. The van der Waals surface area contributed by atoms with Crippen molar-refractivity contribution in [2.45, 2.75) is 36.5 Å². The molecule has 1 fully saturated rings. The Labute approximate surface area is 115 Å². The number of alkyl halides is 3. The van der Waals surface area contributed by atoms with Gasteiger partial charge >= 0.3 is 6.18 Å². The van der Waals surface area contributed by atoms with E-state index in [9.17, 15) is 21.6 Å². The van der Waals surface area contributed by atoms with Gasteiger partial charge in [-0.1, -0.05) is 0 Å². The molecule has 0 aromatic carbocycles. The van der Waals surface area contributed by atoms with Crippen LogP contribution in [0.25, 0.3) is 0 Å². The molecule has 0 aliphatic heterocycles. The molecule has 2 N–H and O–H groups in total. The number of aromatic nitrogens is 1. The molecular weight excluding hydrogens is 295 g/mol. The Hall–Kier alpha value is -1.06. The van der Waals surface area contributed by atoms with Crippen molar-refractivity contribution >= 4 is 10.0 Å². The van der Waals surface area contributed by atoms with E-state index in [1.807, 2.05) is 0 Å². The summed E-state index contributed by atoms with van der Waals surface area (Å²) in [5.74, 6) is 0. The Morgan fingerprint density at radius 2 is 2.05 bits per heavy atom. The maximum absolute atomic E-state index is 12.3. The second-order valence-electron chi connectivity index (χ2n) is 4.89. The molecule has 114 valence electrons. The number of nitrogens with two attached hydrogens (primary N) is 1. The van der Waals surface area contributed by atoms with Gasteiger partial charge in [-0.05, 0) is 18.9 Å². The number of halogens is 3. The molecule has 1 aliphatic carbocycles. The van der Waals surface area contributed by atoms with Crippen LogP contribution in [0.3, 0.4) is 0 Å². The van der Waals surface area contributed by atoms with Gasteiger partial charge < -0.3 is 10.3 Å². The smallest absolute Gasteiger partial charge is 0.346 e. The number of hydrogen-bond acceptors (Lipinski definition) is 3. The Morgan fingerprint density at radius 1 is 1.45 bits per heavy atom. The minimum Gasteiger partial charge on any atom is -0.346 e. The minimum absolute atomic E-state index is 0.142. The molecule has 0 saturated heterocycles. The molecule has 0 atom stereocenters. The molecule has 5 nitrogen and oxygen atoms in total. The van der Waals surface area contributed by atoms with Crippen LogP contribution in [0.4, 0.5) is 13.2 Å². The number of nitrogens with zero attached hydrogens (tertiary/aromatic N) is 2. The van der Waals surface area contributed by atoms with Crippen molar-refractivity contribution in [3.63, 3.8) is 0 Å². The van der Waals surface area contributed by atoms with Crippen molar-refractivity contribution < 1.29 is 21.6 Å². The van der Waals surface area contributed by atoms with Crippen molar-refractivity contribution in [1.29, 1.82) is 0 Å². The molecule has 1 heterocycles. The van der Waals surface area contributed by atoms with E-state index in [1.165, 1.54) is 12.3 Å². The monoisotopic (exact) mass is 311 g/mol. The molecule has 1 saturated carbocycles. The lowest BCUT2D eigenvalue weighted by Crippen LogP contribution is -2.35. The molecule has 0 spiro atoms. The number of rotatable bonds is 5. The summed E-state index contributed by atoms with van der Waals surface area (Å²) in [5, 5.41) is 0. The molecule has 20 heavy (non-hydrogen) atoms. The minimum atomic E-state index is -4.57. The molecule has 0 amide bonds. The highest BCUT2D eigenvalue weighted by atomic mass is 32.2. The van der Waals surface area contributed by atoms with E-state index in [0.717, 1.165) is 19.9 Å². The molecule has 2 rings (SSSR count). The van der Waals surface area contributed by atoms with Gasteiger partial charge in [-0.25, -0.2) is 8.42 Å². The summed E-state index contributed by atoms with van der Waals surface area (Å²) in [6.45, 7) is -1.36.